The largest absolute Gasteiger partial charge is 0.317 e. The SMILES string of the molecule is CN(C1CCCNCC1)S(N)(=O)=O. The van der Waals surface area contributed by atoms with Gasteiger partial charge in [0.05, 0.1) is 0 Å². The van der Waals surface area contributed by atoms with Crippen molar-refractivity contribution in [2.75, 3.05) is 20.1 Å². The summed E-state index contributed by atoms with van der Waals surface area (Å²) in [5, 5.41) is 8.26. The molecule has 0 spiro atoms. The molecule has 1 rings (SSSR count). The first-order chi connectivity index (χ1) is 6.02. The number of hydrogen-bond acceptors (Lipinski definition) is 3. The van der Waals surface area contributed by atoms with Crippen LogP contribution in [0.5, 0.6) is 0 Å². The van der Waals surface area contributed by atoms with Crippen molar-refractivity contribution in [3.63, 3.8) is 0 Å². The molecule has 0 aliphatic carbocycles. The van der Waals surface area contributed by atoms with Crippen LogP contribution in [0.2, 0.25) is 0 Å². The van der Waals surface area contributed by atoms with E-state index in [9.17, 15) is 8.42 Å². The van der Waals surface area contributed by atoms with E-state index in [2.05, 4.69) is 5.32 Å². The lowest BCUT2D eigenvalue weighted by molar-refractivity contribution is 0.342. The van der Waals surface area contributed by atoms with Gasteiger partial charge in [-0.25, -0.2) is 5.14 Å². The zero-order chi connectivity index (χ0) is 9.90. The first kappa shape index (κ1) is 10.9. The van der Waals surface area contributed by atoms with Crippen molar-refractivity contribution in [1.82, 2.24) is 9.62 Å². The highest BCUT2D eigenvalue weighted by Gasteiger charge is 2.23. The van der Waals surface area contributed by atoms with Crippen LogP contribution in [0.1, 0.15) is 19.3 Å². The lowest BCUT2D eigenvalue weighted by Gasteiger charge is -2.23. The minimum absolute atomic E-state index is 0.0602. The van der Waals surface area contributed by atoms with Gasteiger partial charge in [0, 0.05) is 13.1 Å². The number of hydrogen-bond donors (Lipinski definition) is 2. The second kappa shape index (κ2) is 4.36. The molecule has 1 aliphatic heterocycles. The molecule has 1 heterocycles. The number of nitrogens with one attached hydrogen (secondary N) is 1. The van der Waals surface area contributed by atoms with E-state index in [1.807, 2.05) is 0 Å². The Labute approximate surface area is 79.5 Å². The van der Waals surface area contributed by atoms with Gasteiger partial charge in [0.25, 0.3) is 10.2 Å². The Balaban J connectivity index is 2.59. The Kier molecular flexibility index (Phi) is 3.66. The highest BCUT2D eigenvalue weighted by Crippen LogP contribution is 2.12. The standard InChI is InChI=1S/C7H17N3O2S/c1-10(13(8,11)12)7-3-2-5-9-6-4-7/h7,9H,2-6H2,1H3,(H2,8,11,12). The molecule has 0 aromatic rings. The van der Waals surface area contributed by atoms with Gasteiger partial charge in [-0.15, -0.1) is 0 Å². The normalized spacial score (nSPS) is 25.9. The summed E-state index contributed by atoms with van der Waals surface area (Å²) in [4.78, 5) is 0. The summed E-state index contributed by atoms with van der Waals surface area (Å²) >= 11 is 0. The summed E-state index contributed by atoms with van der Waals surface area (Å²) in [6.07, 6.45) is 2.73. The minimum atomic E-state index is -3.51. The molecule has 1 atom stereocenters. The third-order valence-electron chi connectivity index (χ3n) is 2.46. The fourth-order valence-corrected chi connectivity index (χ4v) is 2.20. The maximum absolute atomic E-state index is 11.0. The summed E-state index contributed by atoms with van der Waals surface area (Å²) in [6, 6.07) is 0.0602. The number of rotatable bonds is 2. The van der Waals surface area contributed by atoms with Crippen LogP contribution in [0.25, 0.3) is 0 Å². The van der Waals surface area contributed by atoms with Crippen LogP contribution in [0.3, 0.4) is 0 Å². The van der Waals surface area contributed by atoms with E-state index in [0.717, 1.165) is 32.4 Å². The lowest BCUT2D eigenvalue weighted by atomic mass is 10.1. The van der Waals surface area contributed by atoms with Crippen molar-refractivity contribution in [2.45, 2.75) is 25.3 Å². The molecule has 0 radical (unpaired) electrons. The van der Waals surface area contributed by atoms with Gasteiger partial charge >= 0.3 is 0 Å². The zero-order valence-electron chi connectivity index (χ0n) is 7.86. The summed E-state index contributed by atoms with van der Waals surface area (Å²) in [5.41, 5.74) is 0. The molecule has 3 N–H and O–H groups in total. The second-order valence-corrected chi connectivity index (χ2v) is 5.00. The molecule has 78 valence electrons. The summed E-state index contributed by atoms with van der Waals surface area (Å²) in [5.74, 6) is 0. The molecular formula is C7H17N3O2S. The van der Waals surface area contributed by atoms with E-state index in [-0.39, 0.29) is 6.04 Å². The summed E-state index contributed by atoms with van der Waals surface area (Å²) < 4.78 is 23.3. The monoisotopic (exact) mass is 207 g/mol. The summed E-state index contributed by atoms with van der Waals surface area (Å²) in [7, 11) is -1.97. The third kappa shape index (κ3) is 3.22. The van der Waals surface area contributed by atoms with Crippen molar-refractivity contribution < 1.29 is 8.42 Å². The van der Waals surface area contributed by atoms with E-state index >= 15 is 0 Å². The van der Waals surface area contributed by atoms with Gasteiger partial charge in [-0.05, 0) is 32.4 Å². The quantitative estimate of drug-likeness (QED) is 0.626. The highest BCUT2D eigenvalue weighted by atomic mass is 32.2. The molecule has 1 unspecified atom stereocenters. The Morgan fingerprint density at radius 2 is 2.08 bits per heavy atom. The molecule has 1 saturated heterocycles. The van der Waals surface area contributed by atoms with Crippen LogP contribution < -0.4 is 10.5 Å². The molecule has 0 saturated carbocycles. The second-order valence-electron chi connectivity index (χ2n) is 3.40. The molecule has 1 aliphatic rings. The maximum Gasteiger partial charge on any atom is 0.276 e. The average Bonchev–Trinajstić information content (AvgIpc) is 2.28. The highest BCUT2D eigenvalue weighted by molar-refractivity contribution is 7.86. The molecular weight excluding hydrogens is 190 g/mol. The van der Waals surface area contributed by atoms with Crippen LogP contribution in [0, 0.1) is 0 Å². The molecule has 0 aromatic carbocycles. The van der Waals surface area contributed by atoms with Crippen molar-refractivity contribution in [1.29, 1.82) is 0 Å². The van der Waals surface area contributed by atoms with Gasteiger partial charge in [0.1, 0.15) is 0 Å². The lowest BCUT2D eigenvalue weighted by Crippen LogP contribution is -2.41. The summed E-state index contributed by atoms with van der Waals surface area (Å²) in [6.45, 7) is 1.83. The van der Waals surface area contributed by atoms with Crippen molar-refractivity contribution in [3.8, 4) is 0 Å². The molecule has 13 heavy (non-hydrogen) atoms. The molecule has 1 fully saturated rings. The van der Waals surface area contributed by atoms with Gasteiger partial charge in [0.2, 0.25) is 0 Å². The third-order valence-corrected chi connectivity index (χ3v) is 3.56. The predicted molar refractivity (Wildman–Crippen MR) is 51.4 cm³/mol. The molecule has 0 bridgehead atoms. The maximum atomic E-state index is 11.0. The van der Waals surface area contributed by atoms with Crippen LogP contribution in [-0.4, -0.2) is 38.9 Å². The van der Waals surface area contributed by atoms with Crippen molar-refractivity contribution in [3.05, 3.63) is 0 Å². The van der Waals surface area contributed by atoms with Crippen LogP contribution in [-0.2, 0) is 10.2 Å². The molecule has 0 aromatic heterocycles. The van der Waals surface area contributed by atoms with Crippen LogP contribution in [0.4, 0.5) is 0 Å². The Morgan fingerprint density at radius 3 is 2.69 bits per heavy atom. The van der Waals surface area contributed by atoms with Crippen molar-refractivity contribution >= 4 is 10.2 Å². The Morgan fingerprint density at radius 1 is 1.38 bits per heavy atom. The molecule has 6 heteroatoms. The van der Waals surface area contributed by atoms with E-state index in [1.54, 1.807) is 7.05 Å². The minimum Gasteiger partial charge on any atom is -0.317 e. The Hall–Kier alpha value is -0.170. The first-order valence-corrected chi connectivity index (χ1v) is 5.98. The van der Waals surface area contributed by atoms with Gasteiger partial charge in [-0.2, -0.15) is 12.7 Å². The number of nitrogens with zero attached hydrogens (tertiary/aromatic N) is 1. The van der Waals surface area contributed by atoms with Gasteiger partial charge in [0.15, 0.2) is 0 Å². The van der Waals surface area contributed by atoms with Crippen molar-refractivity contribution in [2.24, 2.45) is 5.14 Å². The van der Waals surface area contributed by atoms with E-state index < -0.39 is 10.2 Å². The Bertz CT molecular complexity index is 244. The van der Waals surface area contributed by atoms with Crippen LogP contribution in [0.15, 0.2) is 0 Å². The fraction of sp³-hybridized carbons (Fsp3) is 1.00. The predicted octanol–water partition coefficient (Wildman–Crippen LogP) is -0.736. The average molecular weight is 207 g/mol. The zero-order valence-corrected chi connectivity index (χ0v) is 8.68. The topological polar surface area (TPSA) is 75.4 Å². The van der Waals surface area contributed by atoms with Gasteiger partial charge < -0.3 is 5.32 Å². The number of nitrogens with two attached hydrogens (primary N) is 1. The molecule has 0 amide bonds. The van der Waals surface area contributed by atoms with E-state index in [1.165, 1.54) is 4.31 Å². The van der Waals surface area contributed by atoms with Gasteiger partial charge in [-0.1, -0.05) is 0 Å². The smallest absolute Gasteiger partial charge is 0.276 e. The first-order valence-electron chi connectivity index (χ1n) is 4.48. The van der Waals surface area contributed by atoms with Gasteiger partial charge in [-0.3, -0.25) is 0 Å². The molecule has 5 nitrogen and oxygen atoms in total. The van der Waals surface area contributed by atoms with Crippen LogP contribution >= 0.6 is 0 Å². The van der Waals surface area contributed by atoms with E-state index in [0.29, 0.717) is 0 Å². The van der Waals surface area contributed by atoms with E-state index in [4.69, 9.17) is 5.14 Å². The fourth-order valence-electron chi connectivity index (χ4n) is 1.57.